The summed E-state index contributed by atoms with van der Waals surface area (Å²) in [7, 11) is -2.07. The maximum Gasteiger partial charge on any atom is 0.0958 e. The number of rotatable bonds is 2. The van der Waals surface area contributed by atoms with Gasteiger partial charge in [0.1, 0.15) is 0 Å². The Labute approximate surface area is 86.8 Å². The van der Waals surface area contributed by atoms with Gasteiger partial charge in [-0.3, -0.25) is 0 Å². The lowest BCUT2D eigenvalue weighted by atomic mass is 10.2. The van der Waals surface area contributed by atoms with E-state index in [2.05, 4.69) is 36.3 Å². The van der Waals surface area contributed by atoms with E-state index in [1.54, 1.807) is 0 Å². The Morgan fingerprint density at radius 2 is 1.64 bits per heavy atom. The number of nitriles is 1. The average Bonchev–Trinajstić information content (AvgIpc) is 2.05. The van der Waals surface area contributed by atoms with Crippen LogP contribution in [0.4, 0.5) is 0 Å². The van der Waals surface area contributed by atoms with E-state index >= 15 is 0 Å². The Morgan fingerprint density at radius 3 is 2.07 bits per heavy atom. The van der Waals surface area contributed by atoms with E-state index in [1.165, 1.54) is 5.56 Å². The summed E-state index contributed by atoms with van der Waals surface area (Å²) in [5.74, 6) is 0.920. The summed E-state index contributed by atoms with van der Waals surface area (Å²) < 4.78 is 0. The summed E-state index contributed by atoms with van der Waals surface area (Å²) in [6, 6.07) is 10.2. The maximum atomic E-state index is 9.12. The highest BCUT2D eigenvalue weighted by Crippen LogP contribution is 2.60. The fraction of sp³-hybridized carbons (Fsp3) is 0.364. The van der Waals surface area contributed by atoms with Crippen molar-refractivity contribution in [2.24, 2.45) is 0 Å². The van der Waals surface area contributed by atoms with Gasteiger partial charge >= 0.3 is 0 Å². The van der Waals surface area contributed by atoms with E-state index in [0.29, 0.717) is 0 Å². The molecule has 0 bridgehead atoms. The van der Waals surface area contributed by atoms with Crippen molar-refractivity contribution in [3.63, 3.8) is 0 Å². The minimum absolute atomic E-state index is 0. The van der Waals surface area contributed by atoms with E-state index < -0.39 is 9.16 Å². The molecule has 1 aromatic carbocycles. The largest absolute Gasteiger partial charge is 0.344 e. The van der Waals surface area contributed by atoms with E-state index in [9.17, 15) is 0 Å². The van der Waals surface area contributed by atoms with E-state index in [4.69, 9.17) is 5.26 Å². The van der Waals surface area contributed by atoms with Gasteiger partial charge in [-0.2, -0.15) is 5.26 Å². The summed E-state index contributed by atoms with van der Waals surface area (Å²) in [4.78, 5) is 0. The number of thiol groups is 1. The highest BCUT2D eigenvalue weighted by molar-refractivity contribution is 8.50. The van der Waals surface area contributed by atoms with Crippen molar-refractivity contribution in [1.29, 1.82) is 5.26 Å². The third kappa shape index (κ3) is 3.82. The van der Waals surface area contributed by atoms with Crippen molar-refractivity contribution < 1.29 is 0 Å². The van der Waals surface area contributed by atoms with Crippen molar-refractivity contribution in [2.75, 3.05) is 18.8 Å². The standard InChI is InChI=1S/C11H17NS.H3N/c1-13(2,3,10-12)9-11-7-5-4-6-8-11;/h4-8,13H,9H2,1-3H3;1H3. The Morgan fingerprint density at radius 1 is 1.14 bits per heavy atom. The number of thiocyanates is 1. The Hall–Kier alpha value is -0.980. The molecule has 0 aliphatic rings. The first-order valence-electron chi connectivity index (χ1n) is 4.37. The molecule has 0 saturated carbocycles. The highest BCUT2D eigenvalue weighted by atomic mass is 32.3. The molecule has 0 aliphatic carbocycles. The van der Waals surface area contributed by atoms with E-state index in [-0.39, 0.29) is 6.15 Å². The van der Waals surface area contributed by atoms with Crippen molar-refractivity contribution in [1.82, 2.24) is 6.15 Å². The third-order valence-electron chi connectivity index (χ3n) is 1.95. The van der Waals surface area contributed by atoms with Crippen molar-refractivity contribution in [3.8, 4) is 5.40 Å². The lowest BCUT2D eigenvalue weighted by Gasteiger charge is -2.43. The van der Waals surface area contributed by atoms with Crippen LogP contribution in [0.1, 0.15) is 5.56 Å². The molecule has 0 heterocycles. The van der Waals surface area contributed by atoms with Gasteiger partial charge in [-0.15, -0.1) is 0 Å². The summed E-state index contributed by atoms with van der Waals surface area (Å²) in [5, 5.41) is 11.6. The number of hydrogen-bond donors (Lipinski definition) is 2. The monoisotopic (exact) mass is 212 g/mol. The Kier molecular flexibility index (Phi) is 3.75. The van der Waals surface area contributed by atoms with Gasteiger partial charge in [0, 0.05) is 0 Å². The van der Waals surface area contributed by atoms with Gasteiger partial charge in [0.05, 0.1) is 5.40 Å². The van der Waals surface area contributed by atoms with Crippen LogP contribution in [0.3, 0.4) is 0 Å². The number of hydrogen-bond acceptors (Lipinski definition) is 2. The molecule has 0 aliphatic heterocycles. The smallest absolute Gasteiger partial charge is 0.0958 e. The molecule has 0 radical (unpaired) electrons. The summed E-state index contributed by atoms with van der Waals surface area (Å²) in [5.41, 5.74) is 1.27. The van der Waals surface area contributed by atoms with Crippen LogP contribution in [-0.2, 0) is 5.75 Å². The van der Waals surface area contributed by atoms with Crippen LogP contribution < -0.4 is 6.15 Å². The first-order valence-corrected chi connectivity index (χ1v) is 8.13. The average molecular weight is 212 g/mol. The molecule has 0 unspecified atom stereocenters. The molecule has 0 spiro atoms. The van der Waals surface area contributed by atoms with Crippen LogP contribution in [0.2, 0.25) is 0 Å². The summed E-state index contributed by atoms with van der Waals surface area (Å²) >= 11 is 0. The third-order valence-corrected chi connectivity index (χ3v) is 4.16. The predicted molar refractivity (Wildman–Crippen MR) is 67.5 cm³/mol. The predicted octanol–water partition coefficient (Wildman–Crippen LogP) is 2.79. The molecule has 14 heavy (non-hydrogen) atoms. The van der Waals surface area contributed by atoms with Crippen LogP contribution in [0, 0.1) is 10.7 Å². The zero-order valence-electron chi connectivity index (χ0n) is 9.20. The second-order valence-corrected chi connectivity index (χ2v) is 11.6. The molecule has 80 valence electrons. The molecule has 0 atom stereocenters. The van der Waals surface area contributed by atoms with Crippen molar-refractivity contribution >= 4 is 9.16 Å². The molecular weight excluding hydrogens is 192 g/mol. The lowest BCUT2D eigenvalue weighted by molar-refractivity contribution is 1.38. The molecule has 3 heteroatoms. The molecule has 1 aromatic rings. The van der Waals surface area contributed by atoms with E-state index in [0.717, 1.165) is 5.75 Å². The molecule has 0 saturated heterocycles. The van der Waals surface area contributed by atoms with Gasteiger partial charge in [0.2, 0.25) is 0 Å². The highest BCUT2D eigenvalue weighted by Gasteiger charge is 2.24. The summed E-state index contributed by atoms with van der Waals surface area (Å²) in [6.45, 7) is 0. The van der Waals surface area contributed by atoms with Gasteiger partial charge in [-0.1, -0.05) is 30.3 Å². The molecule has 3 N–H and O–H groups in total. The van der Waals surface area contributed by atoms with Crippen LogP contribution in [-0.4, -0.2) is 18.8 Å². The molecule has 0 amide bonds. The molecule has 0 fully saturated rings. The quantitative estimate of drug-likeness (QED) is 0.585. The van der Waals surface area contributed by atoms with E-state index in [1.807, 2.05) is 18.2 Å². The minimum atomic E-state index is -2.07. The van der Waals surface area contributed by atoms with Gasteiger partial charge in [-0.25, -0.2) is 9.16 Å². The van der Waals surface area contributed by atoms with Crippen molar-refractivity contribution in [2.45, 2.75) is 5.75 Å². The van der Waals surface area contributed by atoms with Gasteiger partial charge in [0.25, 0.3) is 0 Å². The maximum absolute atomic E-state index is 9.12. The Bertz CT molecular complexity index is 330. The summed E-state index contributed by atoms with van der Waals surface area (Å²) in [6.07, 6.45) is 6.33. The van der Waals surface area contributed by atoms with Crippen LogP contribution in [0.25, 0.3) is 0 Å². The van der Waals surface area contributed by atoms with Gasteiger partial charge < -0.3 is 6.15 Å². The molecular formula is C11H20N2S. The van der Waals surface area contributed by atoms with Crippen LogP contribution >= 0.6 is 9.16 Å². The van der Waals surface area contributed by atoms with Crippen molar-refractivity contribution in [3.05, 3.63) is 35.9 Å². The SMILES string of the molecule is C[SH](C)(C)(C#N)Cc1ccccc1.N. The topological polar surface area (TPSA) is 58.8 Å². The number of benzene rings is 1. The normalized spacial score (nSPS) is 13.1. The molecule has 2 nitrogen and oxygen atoms in total. The molecule has 1 rings (SSSR count). The zero-order valence-corrected chi connectivity index (χ0v) is 10.1. The van der Waals surface area contributed by atoms with Crippen LogP contribution in [0.15, 0.2) is 30.3 Å². The van der Waals surface area contributed by atoms with Crippen LogP contribution in [0.5, 0.6) is 0 Å². The fourth-order valence-electron chi connectivity index (χ4n) is 1.26. The second-order valence-electron chi connectivity index (χ2n) is 4.86. The lowest BCUT2D eigenvalue weighted by Crippen LogP contribution is -2.12. The van der Waals surface area contributed by atoms with Gasteiger partial charge in [0.15, 0.2) is 0 Å². The van der Waals surface area contributed by atoms with Gasteiger partial charge in [-0.05, 0) is 30.1 Å². The molecule has 0 aromatic heterocycles. The first kappa shape index (κ1) is 13.0. The second kappa shape index (κ2) is 4.04. The zero-order chi connectivity index (χ0) is 9.97. The Balaban J connectivity index is 0.00000169. The number of nitrogens with zero attached hydrogens (tertiary/aromatic N) is 1. The first-order chi connectivity index (χ1) is 5.91. The fourth-order valence-corrected chi connectivity index (χ4v) is 2.82. The minimum Gasteiger partial charge on any atom is -0.344 e.